The number of alkyl halides is 3. The van der Waals surface area contributed by atoms with Gasteiger partial charge in [0.25, 0.3) is 5.91 Å². The Morgan fingerprint density at radius 2 is 1.86 bits per heavy atom. The van der Waals surface area contributed by atoms with Crippen molar-refractivity contribution in [1.29, 1.82) is 0 Å². The summed E-state index contributed by atoms with van der Waals surface area (Å²) in [6.45, 7) is 3.49. The molecule has 1 amide bonds. The maximum atomic E-state index is 13.6. The number of ether oxygens (including phenoxy) is 1. The number of carbonyl (C=O) groups is 1. The van der Waals surface area contributed by atoms with Gasteiger partial charge in [-0.1, -0.05) is 6.07 Å². The topological polar surface area (TPSA) is 41.6 Å². The Hall–Kier alpha value is -1.81. The van der Waals surface area contributed by atoms with Gasteiger partial charge in [0.05, 0.1) is 5.56 Å². The van der Waals surface area contributed by atoms with Crippen molar-refractivity contribution in [2.75, 3.05) is 25.5 Å². The lowest BCUT2D eigenvalue weighted by Gasteiger charge is -2.30. The van der Waals surface area contributed by atoms with E-state index < -0.39 is 17.6 Å². The first kappa shape index (κ1) is 21.9. The molecule has 1 aliphatic heterocycles. The van der Waals surface area contributed by atoms with Gasteiger partial charge in [-0.25, -0.2) is 0 Å². The molecule has 0 aromatic heterocycles. The summed E-state index contributed by atoms with van der Waals surface area (Å²) < 4.78 is 47.4. The number of anilines is 1. The summed E-state index contributed by atoms with van der Waals surface area (Å²) in [4.78, 5) is 14.6. The molecular weight excluding hydrogens is 496 g/mol. The van der Waals surface area contributed by atoms with Gasteiger partial charge in [0.15, 0.2) is 0 Å². The fourth-order valence-corrected chi connectivity index (χ4v) is 3.67. The predicted octanol–water partition coefficient (Wildman–Crippen LogP) is 5.34. The summed E-state index contributed by atoms with van der Waals surface area (Å²) in [6, 6.07) is 8.81. The zero-order chi connectivity index (χ0) is 21.2. The van der Waals surface area contributed by atoms with Gasteiger partial charge in [-0.15, -0.1) is 0 Å². The van der Waals surface area contributed by atoms with Gasteiger partial charge >= 0.3 is 6.18 Å². The fraction of sp³-hybridized carbons (Fsp3) is 0.381. The zero-order valence-electron chi connectivity index (χ0n) is 16.1. The molecule has 1 N–H and O–H groups in total. The molecule has 29 heavy (non-hydrogen) atoms. The van der Waals surface area contributed by atoms with Crippen LogP contribution < -0.4 is 10.1 Å². The van der Waals surface area contributed by atoms with E-state index in [0.717, 1.165) is 28.3 Å². The average Bonchev–Trinajstić information content (AvgIpc) is 2.66. The second kappa shape index (κ2) is 8.91. The molecule has 2 aromatic carbocycles. The van der Waals surface area contributed by atoms with Crippen LogP contribution in [-0.2, 0) is 6.18 Å². The van der Waals surface area contributed by atoms with Crippen molar-refractivity contribution < 1.29 is 22.7 Å². The van der Waals surface area contributed by atoms with Gasteiger partial charge in [0, 0.05) is 27.9 Å². The van der Waals surface area contributed by atoms with E-state index in [1.807, 2.05) is 14.0 Å². The van der Waals surface area contributed by atoms with Crippen LogP contribution in [0.2, 0.25) is 0 Å². The maximum absolute atomic E-state index is 13.6. The number of aryl methyl sites for hydroxylation is 1. The molecular formula is C21H22F3IN2O2. The number of halogens is 4. The van der Waals surface area contributed by atoms with Crippen LogP contribution >= 0.6 is 22.6 Å². The highest BCUT2D eigenvalue weighted by atomic mass is 127. The molecule has 1 aliphatic rings. The smallest absolute Gasteiger partial charge is 0.420 e. The number of hydrogen-bond acceptors (Lipinski definition) is 3. The normalized spacial score (nSPS) is 15.9. The number of amides is 1. The van der Waals surface area contributed by atoms with E-state index in [4.69, 9.17) is 4.74 Å². The third kappa shape index (κ3) is 5.63. The van der Waals surface area contributed by atoms with E-state index >= 15 is 0 Å². The van der Waals surface area contributed by atoms with Gasteiger partial charge in [-0.3, -0.25) is 4.79 Å². The summed E-state index contributed by atoms with van der Waals surface area (Å²) in [5.41, 5.74) is 0.610. The Morgan fingerprint density at radius 3 is 2.48 bits per heavy atom. The molecule has 0 atom stereocenters. The maximum Gasteiger partial charge on any atom is 0.420 e. The van der Waals surface area contributed by atoms with Crippen molar-refractivity contribution in [1.82, 2.24) is 4.90 Å². The Balaban J connectivity index is 1.79. The number of rotatable bonds is 4. The highest BCUT2D eigenvalue weighted by Gasteiger charge is 2.35. The number of nitrogens with one attached hydrogen (secondary N) is 1. The molecule has 8 heteroatoms. The monoisotopic (exact) mass is 518 g/mol. The molecule has 0 bridgehead atoms. The summed E-state index contributed by atoms with van der Waals surface area (Å²) in [7, 11) is 1.98. The minimum absolute atomic E-state index is 0.0774. The fourth-order valence-electron chi connectivity index (χ4n) is 3.15. The molecule has 1 heterocycles. The lowest BCUT2D eigenvalue weighted by molar-refractivity contribution is -0.139. The molecule has 3 rings (SSSR count). The zero-order valence-corrected chi connectivity index (χ0v) is 18.3. The molecule has 0 saturated carbocycles. The highest BCUT2D eigenvalue weighted by molar-refractivity contribution is 14.1. The summed E-state index contributed by atoms with van der Waals surface area (Å²) in [5.74, 6) is -0.657. The minimum Gasteiger partial charge on any atom is -0.490 e. The van der Waals surface area contributed by atoms with Crippen LogP contribution in [0.3, 0.4) is 0 Å². The van der Waals surface area contributed by atoms with Gasteiger partial charge in [0.1, 0.15) is 11.9 Å². The van der Waals surface area contributed by atoms with Crippen LogP contribution in [0.4, 0.5) is 18.9 Å². The van der Waals surface area contributed by atoms with Crippen molar-refractivity contribution in [3.8, 4) is 5.75 Å². The van der Waals surface area contributed by atoms with Crippen LogP contribution in [0.15, 0.2) is 36.4 Å². The molecule has 0 spiro atoms. The molecule has 156 valence electrons. The van der Waals surface area contributed by atoms with Crippen LogP contribution in [0.1, 0.15) is 34.3 Å². The SMILES string of the molecule is Cc1ccc(C(=O)Nc2ccc(OC3CCN(C)CC3)c(C(F)(F)F)c2)cc1I. The van der Waals surface area contributed by atoms with Crippen LogP contribution in [0.25, 0.3) is 0 Å². The Labute approximate surface area is 181 Å². The van der Waals surface area contributed by atoms with Crippen molar-refractivity contribution >= 4 is 34.2 Å². The average molecular weight is 518 g/mol. The van der Waals surface area contributed by atoms with Gasteiger partial charge < -0.3 is 15.0 Å². The first-order valence-electron chi connectivity index (χ1n) is 9.27. The molecule has 0 radical (unpaired) electrons. The summed E-state index contributed by atoms with van der Waals surface area (Å²) in [6.07, 6.45) is -3.47. The van der Waals surface area contributed by atoms with Crippen LogP contribution in [0, 0.1) is 10.5 Å². The Kier molecular flexibility index (Phi) is 6.72. The standard InChI is InChI=1S/C21H22F3IN2O2/c1-13-3-4-14(11-18(13)25)20(28)26-15-5-6-19(17(12-15)21(22,23)24)29-16-7-9-27(2)10-8-16/h3-6,11-12,16H,7-10H2,1-2H3,(H,26,28). The quantitative estimate of drug-likeness (QED) is 0.556. The molecule has 0 unspecified atom stereocenters. The van der Waals surface area contributed by atoms with Crippen molar-refractivity contribution in [3.63, 3.8) is 0 Å². The molecule has 0 aliphatic carbocycles. The van der Waals surface area contributed by atoms with E-state index in [-0.39, 0.29) is 17.5 Å². The third-order valence-corrected chi connectivity index (χ3v) is 6.10. The second-order valence-electron chi connectivity index (χ2n) is 7.25. The van der Waals surface area contributed by atoms with E-state index in [0.29, 0.717) is 18.4 Å². The van der Waals surface area contributed by atoms with Crippen LogP contribution in [0.5, 0.6) is 5.75 Å². The van der Waals surface area contributed by atoms with E-state index in [2.05, 4.69) is 32.8 Å². The molecule has 2 aromatic rings. The number of likely N-dealkylation sites (tertiary alicyclic amines) is 1. The Bertz CT molecular complexity index is 894. The van der Waals surface area contributed by atoms with Crippen molar-refractivity contribution in [2.45, 2.75) is 32.0 Å². The lowest BCUT2D eigenvalue weighted by atomic mass is 10.1. The number of carbonyl (C=O) groups excluding carboxylic acids is 1. The molecule has 1 saturated heterocycles. The number of hydrogen-bond donors (Lipinski definition) is 1. The number of benzene rings is 2. The molecule has 1 fully saturated rings. The van der Waals surface area contributed by atoms with Gasteiger partial charge in [-0.2, -0.15) is 13.2 Å². The van der Waals surface area contributed by atoms with E-state index in [1.54, 1.807) is 18.2 Å². The lowest BCUT2D eigenvalue weighted by Crippen LogP contribution is -2.36. The van der Waals surface area contributed by atoms with E-state index in [9.17, 15) is 18.0 Å². The predicted molar refractivity (Wildman–Crippen MR) is 114 cm³/mol. The van der Waals surface area contributed by atoms with Crippen molar-refractivity contribution in [3.05, 3.63) is 56.7 Å². The summed E-state index contributed by atoms with van der Waals surface area (Å²) >= 11 is 2.11. The molecule has 4 nitrogen and oxygen atoms in total. The highest BCUT2D eigenvalue weighted by Crippen LogP contribution is 2.39. The van der Waals surface area contributed by atoms with Gasteiger partial charge in [-0.05, 0) is 85.3 Å². The summed E-state index contributed by atoms with van der Waals surface area (Å²) in [5, 5.41) is 2.55. The Morgan fingerprint density at radius 1 is 1.17 bits per heavy atom. The number of nitrogens with zero attached hydrogens (tertiary/aromatic N) is 1. The first-order chi connectivity index (χ1) is 13.6. The van der Waals surface area contributed by atoms with Crippen molar-refractivity contribution in [2.24, 2.45) is 0 Å². The van der Waals surface area contributed by atoms with E-state index in [1.165, 1.54) is 12.1 Å². The van der Waals surface area contributed by atoms with Gasteiger partial charge in [0.2, 0.25) is 0 Å². The van der Waals surface area contributed by atoms with Crippen LogP contribution in [-0.4, -0.2) is 37.0 Å². The largest absolute Gasteiger partial charge is 0.490 e. The number of piperidine rings is 1. The third-order valence-electron chi connectivity index (χ3n) is 4.94. The second-order valence-corrected chi connectivity index (χ2v) is 8.41. The minimum atomic E-state index is -4.58. The first-order valence-corrected chi connectivity index (χ1v) is 10.4.